The maximum absolute atomic E-state index is 11.9. The average Bonchev–Trinajstić information content (AvgIpc) is 2.78. The number of hydrogen-bond donors (Lipinski definition) is 2. The van der Waals surface area contributed by atoms with Crippen molar-refractivity contribution in [1.29, 1.82) is 0 Å². The van der Waals surface area contributed by atoms with Gasteiger partial charge >= 0.3 is 6.01 Å². The number of nitrogens with zero attached hydrogens (tertiary/aromatic N) is 2. The molecule has 0 atom stereocenters. The van der Waals surface area contributed by atoms with Gasteiger partial charge in [-0.05, 0) is 26.0 Å². The van der Waals surface area contributed by atoms with Crippen molar-refractivity contribution in [3.05, 3.63) is 35.4 Å². The highest BCUT2D eigenvalue weighted by Crippen LogP contribution is 2.08. The highest BCUT2D eigenvalue weighted by Gasteiger charge is 2.09. The smallest absolute Gasteiger partial charge is 0.337 e. The normalized spacial score (nSPS) is 10.1. The van der Waals surface area contributed by atoms with E-state index in [4.69, 9.17) is 4.74 Å². The first-order chi connectivity index (χ1) is 8.69. The quantitative estimate of drug-likeness (QED) is 0.861. The topological polar surface area (TPSA) is 79.9 Å². The van der Waals surface area contributed by atoms with Crippen LogP contribution in [0.25, 0.3) is 0 Å². The Kier molecular flexibility index (Phi) is 3.57. The van der Waals surface area contributed by atoms with Crippen LogP contribution in [0.1, 0.15) is 22.8 Å². The number of ether oxygens (including phenoxy) is 1. The minimum atomic E-state index is -0.241. The SMILES string of the molecule is CCOc1n[nH]c(NC(=O)c2ccc(C)cc2)n1. The number of nitrogens with one attached hydrogen (secondary N) is 2. The number of carbonyl (C=O) groups excluding carboxylic acids is 1. The fourth-order valence-corrected chi connectivity index (χ4v) is 1.38. The van der Waals surface area contributed by atoms with Gasteiger partial charge in [0.05, 0.1) is 6.61 Å². The van der Waals surface area contributed by atoms with Crippen molar-refractivity contribution in [2.45, 2.75) is 13.8 Å². The zero-order valence-electron chi connectivity index (χ0n) is 10.2. The molecule has 1 amide bonds. The van der Waals surface area contributed by atoms with E-state index in [1.54, 1.807) is 12.1 Å². The molecule has 0 aliphatic rings. The Morgan fingerprint density at radius 2 is 2.11 bits per heavy atom. The molecule has 6 heteroatoms. The highest BCUT2D eigenvalue weighted by atomic mass is 16.5. The lowest BCUT2D eigenvalue weighted by Crippen LogP contribution is -2.12. The number of carbonyl (C=O) groups is 1. The van der Waals surface area contributed by atoms with Crippen LogP contribution in [0, 0.1) is 6.92 Å². The van der Waals surface area contributed by atoms with E-state index < -0.39 is 0 Å². The monoisotopic (exact) mass is 246 g/mol. The molecule has 0 unspecified atom stereocenters. The fraction of sp³-hybridized carbons (Fsp3) is 0.250. The third kappa shape index (κ3) is 2.85. The van der Waals surface area contributed by atoms with Crippen LogP contribution in [0.2, 0.25) is 0 Å². The number of amides is 1. The third-order valence-corrected chi connectivity index (χ3v) is 2.28. The van der Waals surface area contributed by atoms with Gasteiger partial charge in [-0.25, -0.2) is 5.10 Å². The van der Waals surface area contributed by atoms with E-state index in [0.717, 1.165) is 5.56 Å². The Bertz CT molecular complexity index is 533. The van der Waals surface area contributed by atoms with Crippen LogP contribution in [0.15, 0.2) is 24.3 Å². The Morgan fingerprint density at radius 3 is 2.78 bits per heavy atom. The van der Waals surface area contributed by atoms with E-state index in [-0.39, 0.29) is 17.9 Å². The predicted molar refractivity (Wildman–Crippen MR) is 66.7 cm³/mol. The molecule has 0 bridgehead atoms. The van der Waals surface area contributed by atoms with Gasteiger partial charge in [-0.2, -0.15) is 4.98 Å². The maximum atomic E-state index is 11.9. The maximum Gasteiger partial charge on any atom is 0.337 e. The summed E-state index contributed by atoms with van der Waals surface area (Å²) in [7, 11) is 0. The molecule has 1 aromatic carbocycles. The van der Waals surface area contributed by atoms with Gasteiger partial charge in [0.1, 0.15) is 0 Å². The molecule has 0 saturated carbocycles. The van der Waals surface area contributed by atoms with Crippen LogP contribution in [0.4, 0.5) is 5.95 Å². The second-order valence-corrected chi connectivity index (χ2v) is 3.72. The first kappa shape index (κ1) is 12.1. The van der Waals surface area contributed by atoms with Crippen molar-refractivity contribution >= 4 is 11.9 Å². The highest BCUT2D eigenvalue weighted by molar-refractivity contribution is 6.03. The molecule has 0 radical (unpaired) electrons. The van der Waals surface area contributed by atoms with Crippen molar-refractivity contribution in [3.63, 3.8) is 0 Å². The minimum absolute atomic E-state index is 0.219. The summed E-state index contributed by atoms with van der Waals surface area (Å²) in [6.07, 6.45) is 0. The van der Waals surface area contributed by atoms with E-state index in [0.29, 0.717) is 12.2 Å². The molecule has 2 aromatic rings. The Balaban J connectivity index is 2.04. The van der Waals surface area contributed by atoms with E-state index in [1.807, 2.05) is 26.0 Å². The summed E-state index contributed by atoms with van der Waals surface area (Å²) in [6, 6.07) is 7.48. The van der Waals surface area contributed by atoms with E-state index >= 15 is 0 Å². The lowest BCUT2D eigenvalue weighted by molar-refractivity contribution is 0.102. The van der Waals surface area contributed by atoms with Crippen LogP contribution in [0.3, 0.4) is 0 Å². The fourth-order valence-electron chi connectivity index (χ4n) is 1.38. The number of hydrogen-bond acceptors (Lipinski definition) is 4. The second-order valence-electron chi connectivity index (χ2n) is 3.72. The lowest BCUT2D eigenvalue weighted by Gasteiger charge is -2.01. The molecule has 2 rings (SSSR count). The summed E-state index contributed by atoms with van der Waals surface area (Å²) in [6.45, 7) is 4.27. The summed E-state index contributed by atoms with van der Waals surface area (Å²) in [5.74, 6) is 0.0261. The molecular formula is C12H14N4O2. The van der Waals surface area contributed by atoms with Gasteiger partial charge in [0.25, 0.3) is 5.91 Å². The van der Waals surface area contributed by atoms with Gasteiger partial charge in [-0.1, -0.05) is 17.7 Å². The Morgan fingerprint density at radius 1 is 1.39 bits per heavy atom. The first-order valence-corrected chi connectivity index (χ1v) is 5.62. The second kappa shape index (κ2) is 5.31. The summed E-state index contributed by atoms with van der Waals surface area (Å²) < 4.78 is 5.08. The first-order valence-electron chi connectivity index (χ1n) is 5.62. The number of aromatic amines is 1. The van der Waals surface area contributed by atoms with Gasteiger partial charge in [0.15, 0.2) is 0 Å². The zero-order chi connectivity index (χ0) is 13.0. The van der Waals surface area contributed by atoms with Crippen molar-refractivity contribution in [2.24, 2.45) is 0 Å². The molecule has 2 N–H and O–H groups in total. The lowest BCUT2D eigenvalue weighted by atomic mass is 10.1. The molecule has 6 nitrogen and oxygen atoms in total. The van der Waals surface area contributed by atoms with Crippen LogP contribution in [-0.4, -0.2) is 27.7 Å². The van der Waals surface area contributed by atoms with Crippen LogP contribution in [0.5, 0.6) is 6.01 Å². The largest absolute Gasteiger partial charge is 0.463 e. The van der Waals surface area contributed by atoms with Crippen LogP contribution >= 0.6 is 0 Å². The van der Waals surface area contributed by atoms with Gasteiger partial charge < -0.3 is 4.74 Å². The number of rotatable bonds is 4. The molecule has 18 heavy (non-hydrogen) atoms. The van der Waals surface area contributed by atoms with E-state index in [1.165, 1.54) is 0 Å². The van der Waals surface area contributed by atoms with Crippen molar-refractivity contribution in [2.75, 3.05) is 11.9 Å². The molecule has 0 saturated heterocycles. The Labute approximate surface area is 104 Å². The Hall–Kier alpha value is -2.37. The van der Waals surface area contributed by atoms with Crippen molar-refractivity contribution < 1.29 is 9.53 Å². The van der Waals surface area contributed by atoms with Gasteiger partial charge in [-0.15, -0.1) is 5.10 Å². The molecule has 0 fully saturated rings. The number of aryl methyl sites for hydroxylation is 1. The van der Waals surface area contributed by atoms with Crippen molar-refractivity contribution in [1.82, 2.24) is 15.2 Å². The number of benzene rings is 1. The van der Waals surface area contributed by atoms with Gasteiger partial charge in [-0.3, -0.25) is 10.1 Å². The molecule has 94 valence electrons. The average molecular weight is 246 g/mol. The summed E-state index contributed by atoms with van der Waals surface area (Å²) >= 11 is 0. The third-order valence-electron chi connectivity index (χ3n) is 2.28. The molecule has 1 aromatic heterocycles. The van der Waals surface area contributed by atoms with Gasteiger partial charge in [0.2, 0.25) is 5.95 Å². The van der Waals surface area contributed by atoms with Crippen LogP contribution < -0.4 is 10.1 Å². The van der Waals surface area contributed by atoms with Crippen molar-refractivity contribution in [3.8, 4) is 6.01 Å². The summed E-state index contributed by atoms with van der Waals surface area (Å²) in [5.41, 5.74) is 1.67. The number of H-pyrrole nitrogens is 1. The molecule has 0 spiro atoms. The summed E-state index contributed by atoms with van der Waals surface area (Å²) in [4.78, 5) is 15.8. The number of aromatic nitrogens is 3. The summed E-state index contributed by atoms with van der Waals surface area (Å²) in [5, 5.41) is 8.99. The molecule has 0 aliphatic carbocycles. The van der Waals surface area contributed by atoms with E-state index in [2.05, 4.69) is 20.5 Å². The van der Waals surface area contributed by atoms with E-state index in [9.17, 15) is 4.79 Å². The minimum Gasteiger partial charge on any atom is -0.463 e. The van der Waals surface area contributed by atoms with Gasteiger partial charge in [0, 0.05) is 5.56 Å². The zero-order valence-corrected chi connectivity index (χ0v) is 10.2. The molecule has 1 heterocycles. The number of anilines is 1. The standard InChI is InChI=1S/C12H14N4O2/c1-3-18-12-14-11(15-16-12)13-10(17)9-6-4-8(2)5-7-9/h4-7H,3H2,1-2H3,(H2,13,14,15,16,17). The predicted octanol–water partition coefficient (Wildman–Crippen LogP) is 1.76. The van der Waals surface area contributed by atoms with Crippen LogP contribution in [-0.2, 0) is 0 Å². The molecular weight excluding hydrogens is 232 g/mol. The molecule has 0 aliphatic heterocycles.